The Morgan fingerprint density at radius 1 is 1.04 bits per heavy atom. The monoisotopic (exact) mass is 362 g/mol. The molecule has 0 aliphatic carbocycles. The molecule has 1 unspecified atom stereocenters. The van der Waals surface area contributed by atoms with E-state index < -0.39 is 5.92 Å². The van der Waals surface area contributed by atoms with Crippen molar-refractivity contribution < 1.29 is 14.4 Å². The van der Waals surface area contributed by atoms with Gasteiger partial charge in [-0.15, -0.1) is 0 Å². The van der Waals surface area contributed by atoms with E-state index >= 15 is 0 Å². The minimum Gasteiger partial charge on any atom is -0.326 e. The summed E-state index contributed by atoms with van der Waals surface area (Å²) >= 11 is 0. The van der Waals surface area contributed by atoms with Crippen molar-refractivity contribution in [3.63, 3.8) is 0 Å². The molecule has 7 nitrogen and oxygen atoms in total. The van der Waals surface area contributed by atoms with E-state index in [0.717, 1.165) is 0 Å². The van der Waals surface area contributed by atoms with Crippen molar-refractivity contribution in [1.82, 2.24) is 0 Å². The molecule has 3 amide bonds. The summed E-state index contributed by atoms with van der Waals surface area (Å²) in [7, 11) is 0. The summed E-state index contributed by atoms with van der Waals surface area (Å²) in [6.07, 6.45) is 0.134. The molecule has 1 aliphatic heterocycles. The van der Waals surface area contributed by atoms with Crippen LogP contribution in [0.15, 0.2) is 48.5 Å². The molecule has 1 heterocycles. The highest BCUT2D eigenvalue weighted by molar-refractivity contribution is 6.03. The van der Waals surface area contributed by atoms with Crippen molar-refractivity contribution in [2.75, 3.05) is 22.1 Å². The Morgan fingerprint density at radius 3 is 2.22 bits per heavy atom. The van der Waals surface area contributed by atoms with Gasteiger partial charge in [0.05, 0.1) is 17.6 Å². The van der Waals surface area contributed by atoms with Crippen molar-refractivity contribution in [1.29, 1.82) is 5.26 Å². The maximum Gasteiger partial charge on any atom is 0.229 e. The minimum atomic E-state index is -0.455. The van der Waals surface area contributed by atoms with Gasteiger partial charge in [0.1, 0.15) is 0 Å². The summed E-state index contributed by atoms with van der Waals surface area (Å²) in [6, 6.07) is 15.5. The first-order chi connectivity index (χ1) is 13.0. The Kier molecular flexibility index (Phi) is 5.18. The van der Waals surface area contributed by atoms with Gasteiger partial charge in [-0.2, -0.15) is 5.26 Å². The zero-order chi connectivity index (χ0) is 19.4. The number of anilines is 3. The van der Waals surface area contributed by atoms with Crippen molar-refractivity contribution in [2.45, 2.75) is 13.3 Å². The highest BCUT2D eigenvalue weighted by atomic mass is 16.2. The second-order valence-electron chi connectivity index (χ2n) is 6.31. The SMILES string of the molecule is CC(=O)Nc1ccc(N2CC(C(=O)Nc3ccc(C#N)cc3)CC2=O)cc1. The number of rotatable bonds is 4. The summed E-state index contributed by atoms with van der Waals surface area (Å²) in [5, 5.41) is 14.3. The smallest absolute Gasteiger partial charge is 0.229 e. The number of hydrogen-bond donors (Lipinski definition) is 2. The van der Waals surface area contributed by atoms with E-state index in [2.05, 4.69) is 10.6 Å². The highest BCUT2D eigenvalue weighted by Gasteiger charge is 2.35. The average Bonchev–Trinajstić information content (AvgIpc) is 3.04. The molecular weight excluding hydrogens is 344 g/mol. The molecule has 2 N–H and O–H groups in total. The molecule has 0 saturated carbocycles. The Morgan fingerprint density at radius 2 is 1.63 bits per heavy atom. The fraction of sp³-hybridized carbons (Fsp3) is 0.200. The number of carbonyl (C=O) groups excluding carboxylic acids is 3. The quantitative estimate of drug-likeness (QED) is 0.872. The Bertz CT molecular complexity index is 914. The van der Waals surface area contributed by atoms with E-state index in [-0.39, 0.29) is 24.1 Å². The predicted octanol–water partition coefficient (Wildman–Crippen LogP) is 2.51. The number of amides is 3. The van der Waals surface area contributed by atoms with E-state index in [1.807, 2.05) is 6.07 Å². The van der Waals surface area contributed by atoms with Gasteiger partial charge in [0.25, 0.3) is 0 Å². The molecule has 27 heavy (non-hydrogen) atoms. The molecule has 0 spiro atoms. The van der Waals surface area contributed by atoms with E-state index in [1.54, 1.807) is 53.4 Å². The standard InChI is InChI=1S/C20H18N4O3/c1-13(25)22-16-6-8-18(9-7-16)24-12-15(10-19(24)26)20(27)23-17-4-2-14(11-21)3-5-17/h2-9,15H,10,12H2,1H3,(H,22,25)(H,23,27). The lowest BCUT2D eigenvalue weighted by atomic mass is 10.1. The largest absolute Gasteiger partial charge is 0.326 e. The van der Waals surface area contributed by atoms with Crippen molar-refractivity contribution in [3.05, 3.63) is 54.1 Å². The van der Waals surface area contributed by atoms with Gasteiger partial charge in [0.2, 0.25) is 17.7 Å². The second kappa shape index (κ2) is 7.70. The van der Waals surface area contributed by atoms with Crippen LogP contribution in [-0.4, -0.2) is 24.3 Å². The van der Waals surface area contributed by atoms with Crippen LogP contribution in [0, 0.1) is 17.2 Å². The van der Waals surface area contributed by atoms with Crippen LogP contribution in [0.25, 0.3) is 0 Å². The molecule has 3 rings (SSSR count). The average molecular weight is 362 g/mol. The lowest BCUT2D eigenvalue weighted by Crippen LogP contribution is -2.28. The molecular formula is C20H18N4O3. The number of nitrogens with one attached hydrogen (secondary N) is 2. The molecule has 0 bridgehead atoms. The zero-order valence-electron chi connectivity index (χ0n) is 14.7. The van der Waals surface area contributed by atoms with E-state index in [1.165, 1.54) is 6.92 Å². The fourth-order valence-electron chi connectivity index (χ4n) is 2.93. The number of benzene rings is 2. The van der Waals surface area contributed by atoms with Gasteiger partial charge in [-0.1, -0.05) is 0 Å². The molecule has 0 radical (unpaired) electrons. The molecule has 136 valence electrons. The third kappa shape index (κ3) is 4.30. The maximum atomic E-state index is 12.5. The molecule has 1 fully saturated rings. The second-order valence-corrected chi connectivity index (χ2v) is 6.31. The van der Waals surface area contributed by atoms with Crippen LogP contribution in [0.2, 0.25) is 0 Å². The molecule has 2 aromatic rings. The lowest BCUT2D eigenvalue weighted by Gasteiger charge is -2.17. The maximum absolute atomic E-state index is 12.5. The van der Waals surface area contributed by atoms with Crippen LogP contribution in [0.1, 0.15) is 18.9 Å². The van der Waals surface area contributed by atoms with Crippen molar-refractivity contribution >= 4 is 34.8 Å². The first-order valence-electron chi connectivity index (χ1n) is 8.45. The van der Waals surface area contributed by atoms with Crippen LogP contribution >= 0.6 is 0 Å². The first kappa shape index (κ1) is 18.1. The first-order valence-corrected chi connectivity index (χ1v) is 8.45. The number of nitriles is 1. The Labute approximate surface area is 156 Å². The third-order valence-electron chi connectivity index (χ3n) is 4.28. The number of nitrogens with zero attached hydrogens (tertiary/aromatic N) is 2. The molecule has 2 aromatic carbocycles. The third-order valence-corrected chi connectivity index (χ3v) is 4.28. The Hall–Kier alpha value is -3.66. The van der Waals surface area contributed by atoms with Crippen LogP contribution < -0.4 is 15.5 Å². The normalized spacial score (nSPS) is 15.9. The molecule has 7 heteroatoms. The number of hydrogen-bond acceptors (Lipinski definition) is 4. The minimum absolute atomic E-state index is 0.123. The lowest BCUT2D eigenvalue weighted by molar-refractivity contribution is -0.122. The van der Waals surface area contributed by atoms with Crippen molar-refractivity contribution in [2.24, 2.45) is 5.92 Å². The van der Waals surface area contributed by atoms with Crippen LogP contribution in [0.5, 0.6) is 0 Å². The summed E-state index contributed by atoms with van der Waals surface area (Å²) in [5.74, 6) is -0.976. The van der Waals surface area contributed by atoms with Gasteiger partial charge in [-0.3, -0.25) is 14.4 Å². The summed E-state index contributed by atoms with van der Waals surface area (Å²) in [6.45, 7) is 1.72. The summed E-state index contributed by atoms with van der Waals surface area (Å²) in [4.78, 5) is 37.4. The van der Waals surface area contributed by atoms with Crippen LogP contribution in [0.4, 0.5) is 17.1 Å². The van der Waals surface area contributed by atoms with E-state index in [9.17, 15) is 14.4 Å². The van der Waals surface area contributed by atoms with Crippen molar-refractivity contribution in [3.8, 4) is 6.07 Å². The predicted molar refractivity (Wildman–Crippen MR) is 101 cm³/mol. The van der Waals surface area contributed by atoms with Gasteiger partial charge < -0.3 is 15.5 Å². The molecule has 1 aliphatic rings. The van der Waals surface area contributed by atoms with Crippen LogP contribution in [-0.2, 0) is 14.4 Å². The Balaban J connectivity index is 1.64. The van der Waals surface area contributed by atoms with Gasteiger partial charge in [0.15, 0.2) is 0 Å². The fourth-order valence-corrected chi connectivity index (χ4v) is 2.93. The van der Waals surface area contributed by atoms with Crippen LogP contribution in [0.3, 0.4) is 0 Å². The van der Waals surface area contributed by atoms with Gasteiger partial charge in [-0.05, 0) is 48.5 Å². The molecule has 1 saturated heterocycles. The summed E-state index contributed by atoms with van der Waals surface area (Å²) in [5.41, 5.74) is 2.43. The summed E-state index contributed by atoms with van der Waals surface area (Å²) < 4.78 is 0. The van der Waals surface area contributed by atoms with Gasteiger partial charge in [0, 0.05) is 37.0 Å². The van der Waals surface area contributed by atoms with Gasteiger partial charge in [-0.25, -0.2) is 0 Å². The molecule has 1 atom stereocenters. The zero-order valence-corrected chi connectivity index (χ0v) is 14.7. The van der Waals surface area contributed by atoms with E-state index in [0.29, 0.717) is 29.2 Å². The van der Waals surface area contributed by atoms with E-state index in [4.69, 9.17) is 5.26 Å². The topological polar surface area (TPSA) is 102 Å². The highest BCUT2D eigenvalue weighted by Crippen LogP contribution is 2.27. The van der Waals surface area contributed by atoms with Gasteiger partial charge >= 0.3 is 0 Å². The number of carbonyl (C=O) groups is 3. The molecule has 0 aromatic heterocycles.